The maximum absolute atomic E-state index is 12.5. The van der Waals surface area contributed by atoms with E-state index in [1.165, 1.54) is 30.6 Å². The van der Waals surface area contributed by atoms with E-state index in [1.807, 2.05) is 20.8 Å². The van der Waals surface area contributed by atoms with Gasteiger partial charge in [-0.15, -0.1) is 11.3 Å². The van der Waals surface area contributed by atoms with Gasteiger partial charge in [0.15, 0.2) is 0 Å². The first-order chi connectivity index (χ1) is 13.6. The minimum absolute atomic E-state index is 0.109. The van der Waals surface area contributed by atoms with Crippen molar-refractivity contribution < 1.29 is 27.4 Å². The van der Waals surface area contributed by atoms with Gasteiger partial charge in [0.05, 0.1) is 30.3 Å². The van der Waals surface area contributed by atoms with Crippen molar-refractivity contribution in [3.05, 3.63) is 45.6 Å². The Balaban J connectivity index is 1.66. The third-order valence-corrected chi connectivity index (χ3v) is 6.79. The summed E-state index contributed by atoms with van der Waals surface area (Å²) in [6.45, 7) is 5.92. The van der Waals surface area contributed by atoms with Gasteiger partial charge in [-0.1, -0.05) is 0 Å². The summed E-state index contributed by atoms with van der Waals surface area (Å²) in [5.41, 5.74) is 0.833. The number of ether oxygens (including phenoxy) is 3. The highest BCUT2D eigenvalue weighted by Gasteiger charge is 2.29. The van der Waals surface area contributed by atoms with E-state index in [1.54, 1.807) is 17.5 Å². The third-order valence-electron chi connectivity index (χ3n) is 4.35. The zero-order valence-corrected chi connectivity index (χ0v) is 18.5. The molecule has 0 radical (unpaired) electrons. The number of esters is 1. The SMILES string of the molecule is COc1ccc(S(=O)(=O)NCC2Cc3c(C(=O)OC(C)(C)C)csc3CO2)cc1. The number of thiophene rings is 1. The molecular formula is C20H25NO6S2. The number of benzene rings is 1. The van der Waals surface area contributed by atoms with E-state index in [-0.39, 0.29) is 23.5 Å². The summed E-state index contributed by atoms with van der Waals surface area (Å²) < 4.78 is 43.9. The Labute approximate surface area is 175 Å². The molecule has 1 unspecified atom stereocenters. The van der Waals surface area contributed by atoms with E-state index < -0.39 is 15.6 Å². The second-order valence-corrected chi connectivity index (χ2v) is 10.4. The molecule has 2 aromatic rings. The summed E-state index contributed by atoms with van der Waals surface area (Å²) in [6, 6.07) is 6.16. The number of carbonyl (C=O) groups is 1. The first kappa shape index (κ1) is 21.8. The minimum atomic E-state index is -3.67. The summed E-state index contributed by atoms with van der Waals surface area (Å²) >= 11 is 1.46. The van der Waals surface area contributed by atoms with Gasteiger partial charge in [-0.3, -0.25) is 0 Å². The average Bonchev–Trinajstić information content (AvgIpc) is 3.08. The molecule has 1 aromatic carbocycles. The fourth-order valence-corrected chi connectivity index (χ4v) is 4.96. The Hall–Kier alpha value is -1.94. The standard InChI is InChI=1S/C20H25NO6S2/c1-20(2,3)27-19(22)17-12-28-18-11-26-14(9-16(17)18)10-21-29(23,24)15-7-5-13(25-4)6-8-15/h5-8,12,14,21H,9-11H2,1-4H3. The van der Waals surface area contributed by atoms with Crippen LogP contribution in [-0.4, -0.2) is 39.7 Å². The molecule has 158 valence electrons. The molecule has 0 saturated carbocycles. The van der Waals surface area contributed by atoms with Crippen molar-refractivity contribution in [2.75, 3.05) is 13.7 Å². The number of methoxy groups -OCH3 is 1. The Morgan fingerprint density at radius 1 is 1.28 bits per heavy atom. The molecule has 2 heterocycles. The van der Waals surface area contributed by atoms with Crippen LogP contribution in [0.2, 0.25) is 0 Å². The van der Waals surface area contributed by atoms with Gasteiger partial charge in [0.25, 0.3) is 0 Å². The van der Waals surface area contributed by atoms with Crippen molar-refractivity contribution in [1.29, 1.82) is 0 Å². The molecule has 7 nitrogen and oxygen atoms in total. The molecule has 0 spiro atoms. The number of carbonyl (C=O) groups excluding carboxylic acids is 1. The highest BCUT2D eigenvalue weighted by atomic mass is 32.2. The van der Waals surface area contributed by atoms with Gasteiger partial charge in [-0.25, -0.2) is 17.9 Å². The topological polar surface area (TPSA) is 90.9 Å². The lowest BCUT2D eigenvalue weighted by Crippen LogP contribution is -2.37. The van der Waals surface area contributed by atoms with Crippen molar-refractivity contribution in [3.63, 3.8) is 0 Å². The van der Waals surface area contributed by atoms with Crippen molar-refractivity contribution in [1.82, 2.24) is 4.72 Å². The molecule has 0 fully saturated rings. The zero-order valence-electron chi connectivity index (χ0n) is 16.9. The van der Waals surface area contributed by atoms with E-state index in [4.69, 9.17) is 14.2 Å². The van der Waals surface area contributed by atoms with Crippen molar-refractivity contribution in [2.24, 2.45) is 0 Å². The van der Waals surface area contributed by atoms with E-state index >= 15 is 0 Å². The number of sulfonamides is 1. The molecular weight excluding hydrogens is 414 g/mol. The van der Waals surface area contributed by atoms with E-state index in [0.717, 1.165) is 10.4 Å². The lowest BCUT2D eigenvalue weighted by atomic mass is 10.0. The van der Waals surface area contributed by atoms with Crippen LogP contribution in [0.15, 0.2) is 34.5 Å². The largest absolute Gasteiger partial charge is 0.497 e. The Morgan fingerprint density at radius 2 is 1.97 bits per heavy atom. The van der Waals surface area contributed by atoms with Crippen LogP contribution >= 0.6 is 11.3 Å². The Bertz CT molecular complexity index is 973. The first-order valence-corrected chi connectivity index (χ1v) is 11.5. The minimum Gasteiger partial charge on any atom is -0.497 e. The molecule has 0 saturated heterocycles. The predicted octanol–water partition coefficient (Wildman–Crippen LogP) is 3.13. The molecule has 1 atom stereocenters. The summed E-state index contributed by atoms with van der Waals surface area (Å²) in [7, 11) is -2.15. The van der Waals surface area contributed by atoms with E-state index in [9.17, 15) is 13.2 Å². The number of hydrogen-bond donors (Lipinski definition) is 1. The smallest absolute Gasteiger partial charge is 0.339 e. The monoisotopic (exact) mass is 439 g/mol. The number of rotatable bonds is 6. The normalized spacial score (nSPS) is 16.9. The molecule has 0 amide bonds. The van der Waals surface area contributed by atoms with Gasteiger partial charge < -0.3 is 14.2 Å². The van der Waals surface area contributed by atoms with Crippen LogP contribution < -0.4 is 9.46 Å². The maximum Gasteiger partial charge on any atom is 0.339 e. The molecule has 1 N–H and O–H groups in total. The maximum atomic E-state index is 12.5. The van der Waals surface area contributed by atoms with Gasteiger partial charge in [-0.2, -0.15) is 0 Å². The quantitative estimate of drug-likeness (QED) is 0.696. The summed E-state index contributed by atoms with van der Waals surface area (Å²) in [4.78, 5) is 13.6. The van der Waals surface area contributed by atoms with E-state index in [2.05, 4.69) is 4.72 Å². The molecule has 9 heteroatoms. The Kier molecular flexibility index (Phi) is 6.33. The summed E-state index contributed by atoms with van der Waals surface area (Å²) in [5, 5.41) is 1.78. The second kappa shape index (κ2) is 8.43. The van der Waals surface area contributed by atoms with Crippen LogP contribution in [0.1, 0.15) is 41.6 Å². The highest BCUT2D eigenvalue weighted by molar-refractivity contribution is 7.89. The number of nitrogens with one attached hydrogen (secondary N) is 1. The van der Waals surface area contributed by atoms with Crippen molar-refractivity contribution in [2.45, 2.75) is 50.4 Å². The lowest BCUT2D eigenvalue weighted by molar-refractivity contribution is 0.00616. The van der Waals surface area contributed by atoms with Crippen molar-refractivity contribution >= 4 is 27.3 Å². The number of fused-ring (bicyclic) bond motifs is 1. The predicted molar refractivity (Wildman–Crippen MR) is 110 cm³/mol. The highest BCUT2D eigenvalue weighted by Crippen LogP contribution is 2.31. The van der Waals surface area contributed by atoms with Crippen LogP contribution in [0.25, 0.3) is 0 Å². The molecule has 29 heavy (non-hydrogen) atoms. The molecule has 0 bridgehead atoms. The zero-order chi connectivity index (χ0) is 21.2. The Morgan fingerprint density at radius 3 is 2.59 bits per heavy atom. The molecule has 1 aromatic heterocycles. The third kappa shape index (κ3) is 5.36. The molecule has 1 aliphatic rings. The van der Waals surface area contributed by atoms with Crippen LogP contribution in [0.3, 0.4) is 0 Å². The molecule has 1 aliphatic heterocycles. The fraction of sp³-hybridized carbons (Fsp3) is 0.450. The van der Waals surface area contributed by atoms with Gasteiger partial charge in [0, 0.05) is 23.2 Å². The average molecular weight is 440 g/mol. The summed E-state index contributed by atoms with van der Waals surface area (Å²) in [5.74, 6) is 0.216. The van der Waals surface area contributed by atoms with Crippen LogP contribution in [0.4, 0.5) is 0 Å². The fourth-order valence-electron chi connectivity index (χ4n) is 2.92. The van der Waals surface area contributed by atoms with Crippen molar-refractivity contribution in [3.8, 4) is 5.75 Å². The lowest BCUT2D eigenvalue weighted by Gasteiger charge is -2.25. The van der Waals surface area contributed by atoms with Crippen LogP contribution in [-0.2, 0) is 32.5 Å². The summed E-state index contributed by atoms with van der Waals surface area (Å²) in [6.07, 6.45) is 0.0738. The van der Waals surface area contributed by atoms with E-state index in [0.29, 0.717) is 24.3 Å². The molecule has 3 rings (SSSR count). The molecule has 0 aliphatic carbocycles. The van der Waals surface area contributed by atoms with Gasteiger partial charge >= 0.3 is 5.97 Å². The van der Waals surface area contributed by atoms with Gasteiger partial charge in [0.1, 0.15) is 11.4 Å². The number of hydrogen-bond acceptors (Lipinski definition) is 7. The van der Waals surface area contributed by atoms with Gasteiger partial charge in [0.2, 0.25) is 10.0 Å². The van der Waals surface area contributed by atoms with Gasteiger partial charge in [-0.05, 0) is 50.6 Å². The second-order valence-electron chi connectivity index (χ2n) is 7.72. The van der Waals surface area contributed by atoms with Crippen LogP contribution in [0, 0.1) is 0 Å². The van der Waals surface area contributed by atoms with Crippen LogP contribution in [0.5, 0.6) is 5.75 Å². The first-order valence-electron chi connectivity index (χ1n) is 9.17.